The summed E-state index contributed by atoms with van der Waals surface area (Å²) in [6.45, 7) is 2.58. The second-order valence-corrected chi connectivity index (χ2v) is 4.97. The predicted molar refractivity (Wildman–Crippen MR) is 75.1 cm³/mol. The van der Waals surface area contributed by atoms with Gasteiger partial charge in [0.25, 0.3) is 0 Å². The van der Waals surface area contributed by atoms with Crippen LogP contribution in [0.4, 0.5) is 0 Å². The molecule has 0 spiro atoms. The van der Waals surface area contributed by atoms with Crippen LogP contribution in [0.3, 0.4) is 0 Å². The summed E-state index contributed by atoms with van der Waals surface area (Å²) in [6.07, 6.45) is 11.7. The first-order valence-corrected chi connectivity index (χ1v) is 7.54. The van der Waals surface area contributed by atoms with Crippen LogP contribution in [0.1, 0.15) is 77.6 Å². The van der Waals surface area contributed by atoms with E-state index in [0.29, 0.717) is 6.61 Å². The summed E-state index contributed by atoms with van der Waals surface area (Å²) in [5.41, 5.74) is 0. The van der Waals surface area contributed by atoms with E-state index in [9.17, 15) is 9.59 Å². The van der Waals surface area contributed by atoms with Crippen molar-refractivity contribution >= 4 is 11.9 Å². The molecule has 4 heteroatoms. The quantitative estimate of drug-likeness (QED) is 0.313. The molecule has 0 rings (SSSR count). The average Bonchev–Trinajstić information content (AvgIpc) is 2.35. The third-order valence-corrected chi connectivity index (χ3v) is 3.06. The molecule has 0 aromatic carbocycles. The van der Waals surface area contributed by atoms with E-state index in [1.54, 1.807) is 0 Å². The van der Waals surface area contributed by atoms with Gasteiger partial charge in [-0.05, 0) is 6.42 Å². The topological polar surface area (TPSA) is 63.6 Å². The van der Waals surface area contributed by atoms with Crippen molar-refractivity contribution in [3.8, 4) is 0 Å². The van der Waals surface area contributed by atoms with Crippen LogP contribution in [0, 0.1) is 0 Å². The molecule has 0 aliphatic rings. The van der Waals surface area contributed by atoms with E-state index in [0.717, 1.165) is 12.8 Å². The first-order valence-electron chi connectivity index (χ1n) is 7.54. The van der Waals surface area contributed by atoms with Gasteiger partial charge in [-0.25, -0.2) is 0 Å². The third-order valence-electron chi connectivity index (χ3n) is 3.06. The molecule has 0 aromatic heterocycles. The number of hydrogen-bond acceptors (Lipinski definition) is 3. The molecule has 0 aromatic rings. The molecule has 1 N–H and O–H groups in total. The first-order chi connectivity index (χ1) is 9.16. The van der Waals surface area contributed by atoms with Gasteiger partial charge in [0.15, 0.2) is 0 Å². The van der Waals surface area contributed by atoms with E-state index in [1.165, 1.54) is 51.4 Å². The van der Waals surface area contributed by atoms with Gasteiger partial charge in [0.05, 0.1) is 6.61 Å². The van der Waals surface area contributed by atoms with Crippen LogP contribution in [0.15, 0.2) is 0 Å². The van der Waals surface area contributed by atoms with Crippen LogP contribution in [0.2, 0.25) is 0 Å². The predicted octanol–water partition coefficient (Wildman–Crippen LogP) is 3.93. The Balaban J connectivity index is 3.10. The Morgan fingerprint density at radius 1 is 0.842 bits per heavy atom. The number of rotatable bonds is 13. The van der Waals surface area contributed by atoms with Gasteiger partial charge < -0.3 is 9.84 Å². The van der Waals surface area contributed by atoms with Gasteiger partial charge >= 0.3 is 11.9 Å². The Kier molecular flexibility index (Phi) is 12.6. The maximum atomic E-state index is 10.9. The molecular weight excluding hydrogens is 244 g/mol. The van der Waals surface area contributed by atoms with Crippen molar-refractivity contribution in [3.05, 3.63) is 0 Å². The molecule has 0 amide bonds. The largest absolute Gasteiger partial charge is 0.481 e. The zero-order chi connectivity index (χ0) is 14.3. The smallest absolute Gasteiger partial charge is 0.317 e. The van der Waals surface area contributed by atoms with Crippen molar-refractivity contribution in [2.45, 2.75) is 77.6 Å². The molecule has 0 saturated carbocycles. The summed E-state index contributed by atoms with van der Waals surface area (Å²) in [4.78, 5) is 21.1. The van der Waals surface area contributed by atoms with Crippen molar-refractivity contribution in [1.29, 1.82) is 0 Å². The lowest BCUT2D eigenvalue weighted by atomic mass is 10.1. The van der Waals surface area contributed by atoms with Gasteiger partial charge in [-0.15, -0.1) is 0 Å². The van der Waals surface area contributed by atoms with Crippen LogP contribution < -0.4 is 0 Å². The molecular formula is C15H28O4. The highest BCUT2D eigenvalue weighted by Gasteiger charge is 2.07. The Bertz CT molecular complexity index is 238. The fourth-order valence-electron chi connectivity index (χ4n) is 1.95. The Labute approximate surface area is 116 Å². The highest BCUT2D eigenvalue weighted by atomic mass is 16.5. The number of carbonyl (C=O) groups is 2. The zero-order valence-electron chi connectivity index (χ0n) is 12.2. The number of ether oxygens (including phenoxy) is 1. The number of unbranched alkanes of at least 4 members (excludes halogenated alkanes) is 9. The minimum atomic E-state index is -1.13. The molecule has 0 atom stereocenters. The fraction of sp³-hybridized carbons (Fsp3) is 0.867. The molecule has 4 nitrogen and oxygen atoms in total. The number of aliphatic carboxylic acids is 1. The van der Waals surface area contributed by atoms with Crippen LogP contribution >= 0.6 is 0 Å². The molecule has 0 aliphatic carbocycles. The van der Waals surface area contributed by atoms with E-state index < -0.39 is 18.4 Å². The Morgan fingerprint density at radius 3 is 1.79 bits per heavy atom. The maximum absolute atomic E-state index is 10.9. The number of carboxylic acids is 1. The van der Waals surface area contributed by atoms with Crippen molar-refractivity contribution < 1.29 is 19.4 Å². The summed E-state index contributed by atoms with van der Waals surface area (Å²) >= 11 is 0. The average molecular weight is 272 g/mol. The van der Waals surface area contributed by atoms with Crippen LogP contribution in [-0.4, -0.2) is 23.7 Å². The lowest BCUT2D eigenvalue weighted by molar-refractivity contribution is -0.151. The second-order valence-electron chi connectivity index (χ2n) is 4.97. The highest BCUT2D eigenvalue weighted by Crippen LogP contribution is 2.10. The van der Waals surface area contributed by atoms with E-state index in [-0.39, 0.29) is 0 Å². The van der Waals surface area contributed by atoms with Gasteiger partial charge in [0.1, 0.15) is 6.42 Å². The lowest BCUT2D eigenvalue weighted by Crippen LogP contribution is -2.11. The molecule has 0 radical (unpaired) electrons. The monoisotopic (exact) mass is 272 g/mol. The van der Waals surface area contributed by atoms with Gasteiger partial charge in [-0.2, -0.15) is 0 Å². The van der Waals surface area contributed by atoms with E-state index >= 15 is 0 Å². The standard InChI is InChI=1S/C15H28O4/c1-2-3-4-5-6-7-8-9-10-11-12-19-15(18)13-14(16)17/h2-13H2,1H3,(H,16,17). The first kappa shape index (κ1) is 17.9. The third kappa shape index (κ3) is 14.9. The summed E-state index contributed by atoms with van der Waals surface area (Å²) in [7, 11) is 0. The van der Waals surface area contributed by atoms with E-state index in [4.69, 9.17) is 9.84 Å². The number of esters is 1. The summed E-state index contributed by atoms with van der Waals surface area (Å²) in [6, 6.07) is 0. The van der Waals surface area contributed by atoms with Crippen molar-refractivity contribution in [2.24, 2.45) is 0 Å². The molecule has 112 valence electrons. The number of carboxylic acid groups (broad SMARTS) is 1. The Hall–Kier alpha value is -1.06. The van der Waals surface area contributed by atoms with Crippen molar-refractivity contribution in [1.82, 2.24) is 0 Å². The maximum Gasteiger partial charge on any atom is 0.317 e. The molecule has 0 saturated heterocycles. The fourth-order valence-corrected chi connectivity index (χ4v) is 1.95. The molecule has 19 heavy (non-hydrogen) atoms. The molecule has 0 bridgehead atoms. The SMILES string of the molecule is CCCCCCCCCCCCOC(=O)CC(=O)O. The van der Waals surface area contributed by atoms with Crippen molar-refractivity contribution in [3.63, 3.8) is 0 Å². The molecule has 0 fully saturated rings. The molecule has 0 heterocycles. The van der Waals surface area contributed by atoms with E-state index in [2.05, 4.69) is 6.92 Å². The van der Waals surface area contributed by atoms with Crippen molar-refractivity contribution in [2.75, 3.05) is 6.61 Å². The van der Waals surface area contributed by atoms with Gasteiger partial charge in [-0.1, -0.05) is 64.7 Å². The Morgan fingerprint density at radius 2 is 1.32 bits per heavy atom. The lowest BCUT2D eigenvalue weighted by Gasteiger charge is -2.03. The molecule has 0 unspecified atom stereocenters. The minimum absolute atomic E-state index is 0.350. The normalized spacial score (nSPS) is 10.4. The van der Waals surface area contributed by atoms with Gasteiger partial charge in [0, 0.05) is 0 Å². The summed E-state index contributed by atoms with van der Waals surface area (Å²) < 4.78 is 4.81. The summed E-state index contributed by atoms with van der Waals surface area (Å²) in [5.74, 6) is -1.77. The van der Waals surface area contributed by atoms with Crippen LogP contribution in [0.5, 0.6) is 0 Å². The zero-order valence-corrected chi connectivity index (χ0v) is 12.2. The van der Waals surface area contributed by atoms with Crippen LogP contribution in [-0.2, 0) is 14.3 Å². The van der Waals surface area contributed by atoms with Gasteiger partial charge in [-0.3, -0.25) is 9.59 Å². The summed E-state index contributed by atoms with van der Waals surface area (Å²) in [5, 5.41) is 8.36. The second kappa shape index (κ2) is 13.4. The minimum Gasteiger partial charge on any atom is -0.481 e. The highest BCUT2D eigenvalue weighted by molar-refractivity contribution is 5.90. The van der Waals surface area contributed by atoms with Gasteiger partial charge in [0.2, 0.25) is 0 Å². The molecule has 0 aliphatic heterocycles. The van der Waals surface area contributed by atoms with E-state index in [1.807, 2.05) is 0 Å². The number of hydrogen-bond donors (Lipinski definition) is 1. The van der Waals surface area contributed by atoms with Crippen LogP contribution in [0.25, 0.3) is 0 Å². The number of carbonyl (C=O) groups excluding carboxylic acids is 1.